The maximum Gasteiger partial charge on any atom is 0.233 e. The summed E-state index contributed by atoms with van der Waals surface area (Å²) in [6, 6.07) is 0.960. The predicted octanol–water partition coefficient (Wildman–Crippen LogP) is 0.785. The Bertz CT molecular complexity index is 480. The van der Waals surface area contributed by atoms with E-state index in [9.17, 15) is 4.79 Å². The zero-order valence-electron chi connectivity index (χ0n) is 11.1. The van der Waals surface area contributed by atoms with Crippen LogP contribution in [0.3, 0.4) is 0 Å². The van der Waals surface area contributed by atoms with Gasteiger partial charge in [0.05, 0.1) is 12.3 Å². The average molecular weight is 281 g/mol. The van der Waals surface area contributed by atoms with Gasteiger partial charge < -0.3 is 15.2 Å². The minimum absolute atomic E-state index is 0.173. The largest absolute Gasteiger partial charge is 0.342 e. The predicted molar refractivity (Wildman–Crippen MR) is 72.7 cm³/mol. The first-order chi connectivity index (χ1) is 9.20. The highest BCUT2D eigenvalue weighted by Crippen LogP contribution is 2.38. The van der Waals surface area contributed by atoms with Crippen LogP contribution in [-0.4, -0.2) is 44.4 Å². The van der Waals surface area contributed by atoms with Crippen molar-refractivity contribution in [3.05, 3.63) is 5.82 Å². The summed E-state index contributed by atoms with van der Waals surface area (Å²) < 4.78 is 2.11. The molecule has 1 aromatic heterocycles. The van der Waals surface area contributed by atoms with Gasteiger partial charge in [-0.2, -0.15) is 0 Å². The van der Waals surface area contributed by atoms with Crippen molar-refractivity contribution in [2.45, 2.75) is 49.5 Å². The number of nitrogens with zero attached hydrogens (tertiary/aromatic N) is 4. The van der Waals surface area contributed by atoms with E-state index in [1.54, 1.807) is 0 Å². The number of hydrogen-bond acceptors (Lipinski definition) is 5. The molecule has 1 aromatic rings. The van der Waals surface area contributed by atoms with Crippen molar-refractivity contribution >= 4 is 17.7 Å². The summed E-state index contributed by atoms with van der Waals surface area (Å²) in [5, 5.41) is 9.11. The van der Waals surface area contributed by atoms with Crippen molar-refractivity contribution in [1.82, 2.24) is 19.7 Å². The lowest BCUT2D eigenvalue weighted by Crippen LogP contribution is -2.30. The van der Waals surface area contributed by atoms with Crippen LogP contribution in [0.1, 0.15) is 37.5 Å². The normalized spacial score (nSPS) is 18.6. The number of nitrogens with two attached hydrogens (primary N) is 1. The van der Waals surface area contributed by atoms with E-state index in [1.165, 1.54) is 11.8 Å². The van der Waals surface area contributed by atoms with E-state index in [4.69, 9.17) is 5.73 Å². The molecule has 0 spiro atoms. The molecule has 0 bridgehead atoms. The molecule has 2 saturated carbocycles. The molecule has 19 heavy (non-hydrogen) atoms. The van der Waals surface area contributed by atoms with Gasteiger partial charge in [0, 0.05) is 19.1 Å². The number of aromatic nitrogens is 3. The highest BCUT2D eigenvalue weighted by atomic mass is 32.2. The molecule has 0 unspecified atom stereocenters. The van der Waals surface area contributed by atoms with E-state index >= 15 is 0 Å². The summed E-state index contributed by atoms with van der Waals surface area (Å²) in [4.78, 5) is 13.8. The summed E-state index contributed by atoms with van der Waals surface area (Å²) in [7, 11) is 1.89. The number of rotatable bonds is 6. The van der Waals surface area contributed by atoms with Crippen LogP contribution in [-0.2, 0) is 11.3 Å². The smallest absolute Gasteiger partial charge is 0.233 e. The molecular weight excluding hydrogens is 262 g/mol. The quantitative estimate of drug-likeness (QED) is 0.780. The Labute approximate surface area is 116 Å². The first-order valence-electron chi connectivity index (χ1n) is 6.73. The van der Waals surface area contributed by atoms with E-state index in [2.05, 4.69) is 14.8 Å². The lowest BCUT2D eigenvalue weighted by atomic mass is 10.5. The van der Waals surface area contributed by atoms with Gasteiger partial charge in [0.2, 0.25) is 5.91 Å². The number of carbonyl (C=O) groups is 1. The Kier molecular flexibility index (Phi) is 3.49. The molecule has 2 aliphatic carbocycles. The lowest BCUT2D eigenvalue weighted by Gasteiger charge is -2.15. The van der Waals surface area contributed by atoms with Crippen LogP contribution in [0.5, 0.6) is 0 Å². The summed E-state index contributed by atoms with van der Waals surface area (Å²) in [6.45, 7) is 0.403. The van der Waals surface area contributed by atoms with E-state index in [0.29, 0.717) is 24.4 Å². The van der Waals surface area contributed by atoms with Crippen LogP contribution in [0.25, 0.3) is 0 Å². The van der Waals surface area contributed by atoms with Crippen molar-refractivity contribution in [2.75, 3.05) is 12.8 Å². The van der Waals surface area contributed by atoms with E-state index in [1.807, 2.05) is 11.9 Å². The fraction of sp³-hybridized carbons (Fsp3) is 0.750. The molecule has 6 nitrogen and oxygen atoms in total. The monoisotopic (exact) mass is 281 g/mol. The fourth-order valence-electron chi connectivity index (χ4n) is 2.14. The number of thioether (sulfide) groups is 1. The Morgan fingerprint density at radius 1 is 1.42 bits per heavy atom. The van der Waals surface area contributed by atoms with E-state index in [-0.39, 0.29) is 5.91 Å². The lowest BCUT2D eigenvalue weighted by molar-refractivity contribution is -0.127. The zero-order valence-corrected chi connectivity index (χ0v) is 11.9. The molecule has 0 radical (unpaired) electrons. The molecule has 0 saturated heterocycles. The first-order valence-corrected chi connectivity index (χ1v) is 7.71. The van der Waals surface area contributed by atoms with E-state index < -0.39 is 0 Å². The van der Waals surface area contributed by atoms with Gasteiger partial charge in [-0.3, -0.25) is 4.79 Å². The molecule has 7 heteroatoms. The van der Waals surface area contributed by atoms with Crippen LogP contribution in [0.4, 0.5) is 0 Å². The summed E-state index contributed by atoms with van der Waals surface area (Å²) in [5.74, 6) is 1.43. The molecule has 2 fully saturated rings. The fourth-order valence-corrected chi connectivity index (χ4v) is 3.09. The van der Waals surface area contributed by atoms with Gasteiger partial charge in [-0.15, -0.1) is 10.2 Å². The Morgan fingerprint density at radius 3 is 2.74 bits per heavy atom. The van der Waals surface area contributed by atoms with Crippen LogP contribution in [0, 0.1) is 0 Å². The van der Waals surface area contributed by atoms with Gasteiger partial charge >= 0.3 is 0 Å². The van der Waals surface area contributed by atoms with Gasteiger partial charge in [0.15, 0.2) is 5.16 Å². The number of carbonyl (C=O) groups excluding carboxylic acids is 1. The standard InChI is InChI=1S/C12H19N5OS/c1-16(8-2-3-8)11(18)7-19-12-15-14-10(6-13)17(12)9-4-5-9/h8-9H,2-7,13H2,1H3. The first kappa shape index (κ1) is 12.9. The molecule has 0 aromatic carbocycles. The second-order valence-corrected chi connectivity index (χ2v) is 6.17. The van der Waals surface area contributed by atoms with E-state index in [0.717, 1.165) is 36.7 Å². The summed E-state index contributed by atoms with van der Waals surface area (Å²) >= 11 is 1.48. The Hall–Kier alpha value is -1.08. The maximum absolute atomic E-state index is 12.0. The van der Waals surface area contributed by atoms with Crippen LogP contribution in [0.2, 0.25) is 0 Å². The minimum Gasteiger partial charge on any atom is -0.342 e. The maximum atomic E-state index is 12.0. The van der Waals surface area contributed by atoms with Gasteiger partial charge in [0.25, 0.3) is 0 Å². The topological polar surface area (TPSA) is 77.0 Å². The molecule has 3 rings (SSSR count). The highest BCUT2D eigenvalue weighted by Gasteiger charge is 2.31. The van der Waals surface area contributed by atoms with Crippen LogP contribution < -0.4 is 5.73 Å². The summed E-state index contributed by atoms with van der Waals surface area (Å²) in [5.41, 5.74) is 5.67. The number of amides is 1. The molecule has 1 amide bonds. The molecule has 2 N–H and O–H groups in total. The minimum atomic E-state index is 0.173. The van der Waals surface area contributed by atoms with Gasteiger partial charge in [-0.05, 0) is 25.7 Å². The van der Waals surface area contributed by atoms with Crippen molar-refractivity contribution in [3.8, 4) is 0 Å². The third-order valence-electron chi connectivity index (χ3n) is 3.64. The molecule has 0 atom stereocenters. The van der Waals surface area contributed by atoms with Gasteiger partial charge in [-0.25, -0.2) is 0 Å². The van der Waals surface area contributed by atoms with Crippen molar-refractivity contribution in [3.63, 3.8) is 0 Å². The Balaban J connectivity index is 1.63. The van der Waals surface area contributed by atoms with Crippen molar-refractivity contribution in [2.24, 2.45) is 5.73 Å². The van der Waals surface area contributed by atoms with Crippen molar-refractivity contribution < 1.29 is 4.79 Å². The zero-order chi connectivity index (χ0) is 13.4. The second-order valence-electron chi connectivity index (χ2n) is 5.23. The molecular formula is C12H19N5OS. The second kappa shape index (κ2) is 5.13. The van der Waals surface area contributed by atoms with Crippen LogP contribution >= 0.6 is 11.8 Å². The SMILES string of the molecule is CN(C(=O)CSc1nnc(CN)n1C1CC1)C1CC1. The van der Waals surface area contributed by atoms with Crippen LogP contribution in [0.15, 0.2) is 5.16 Å². The molecule has 0 aliphatic heterocycles. The van der Waals surface area contributed by atoms with Crippen molar-refractivity contribution in [1.29, 1.82) is 0 Å². The van der Waals surface area contributed by atoms with Gasteiger partial charge in [0.1, 0.15) is 5.82 Å². The Morgan fingerprint density at radius 2 is 2.16 bits per heavy atom. The third-order valence-corrected chi connectivity index (χ3v) is 4.57. The van der Waals surface area contributed by atoms with Gasteiger partial charge in [-0.1, -0.05) is 11.8 Å². The third kappa shape index (κ3) is 2.76. The molecule has 1 heterocycles. The highest BCUT2D eigenvalue weighted by molar-refractivity contribution is 7.99. The number of hydrogen-bond donors (Lipinski definition) is 1. The molecule has 2 aliphatic rings. The average Bonchev–Trinajstić information content (AvgIpc) is 3.32. The summed E-state index contributed by atoms with van der Waals surface area (Å²) in [6.07, 6.45) is 4.61. The molecule has 104 valence electrons.